The Balaban J connectivity index is 2.11. The van der Waals surface area contributed by atoms with Gasteiger partial charge in [0.2, 0.25) is 0 Å². The van der Waals surface area contributed by atoms with Crippen molar-refractivity contribution in [2.75, 3.05) is 20.2 Å². The molecule has 5 nitrogen and oxygen atoms in total. The lowest BCUT2D eigenvalue weighted by Crippen LogP contribution is -2.33. The zero-order chi connectivity index (χ0) is 14.8. The number of carbonyl (C=O) groups is 1. The molecular weight excluding hydrogens is 258 g/mol. The lowest BCUT2D eigenvalue weighted by Gasteiger charge is -2.23. The molecule has 5 heteroatoms. The summed E-state index contributed by atoms with van der Waals surface area (Å²) in [6.45, 7) is 3.71. The Morgan fingerprint density at radius 2 is 2.25 bits per heavy atom. The number of methoxy groups -OCH3 is 1. The predicted octanol–water partition coefficient (Wildman–Crippen LogP) is 2.09. The summed E-state index contributed by atoms with van der Waals surface area (Å²) >= 11 is 0. The minimum Gasteiger partial charge on any atom is -0.508 e. The molecule has 2 N–H and O–H groups in total. The molecule has 0 radical (unpaired) electrons. The molecule has 110 valence electrons. The van der Waals surface area contributed by atoms with Crippen LogP contribution in [0.4, 0.5) is 0 Å². The molecule has 0 amide bonds. The van der Waals surface area contributed by atoms with E-state index in [1.807, 2.05) is 6.92 Å². The molecule has 0 aromatic heterocycles. The van der Waals surface area contributed by atoms with Gasteiger partial charge < -0.3 is 14.9 Å². The fourth-order valence-electron chi connectivity index (χ4n) is 2.76. The number of carboxylic acid groups (broad SMARTS) is 1. The Kier molecular flexibility index (Phi) is 4.18. The van der Waals surface area contributed by atoms with Crippen molar-refractivity contribution in [3.8, 4) is 11.5 Å². The van der Waals surface area contributed by atoms with Gasteiger partial charge in [0, 0.05) is 18.7 Å². The van der Waals surface area contributed by atoms with Crippen LogP contribution in [-0.2, 0) is 11.3 Å². The van der Waals surface area contributed by atoms with Crippen LogP contribution in [0, 0.1) is 5.41 Å². The minimum atomic E-state index is -0.725. The van der Waals surface area contributed by atoms with Crippen molar-refractivity contribution in [3.63, 3.8) is 0 Å². The van der Waals surface area contributed by atoms with Crippen LogP contribution in [0.2, 0.25) is 0 Å². The van der Waals surface area contributed by atoms with Crippen molar-refractivity contribution >= 4 is 5.97 Å². The minimum absolute atomic E-state index is 0.218. The van der Waals surface area contributed by atoms with Crippen molar-refractivity contribution in [1.29, 1.82) is 0 Å². The molecular formula is C15H21NO4. The molecule has 1 fully saturated rings. The zero-order valence-corrected chi connectivity index (χ0v) is 11.9. The van der Waals surface area contributed by atoms with Crippen LogP contribution in [0.25, 0.3) is 0 Å². The number of likely N-dealkylation sites (tertiary alicyclic amines) is 1. The quantitative estimate of drug-likeness (QED) is 0.863. The topological polar surface area (TPSA) is 70.0 Å². The normalized spacial score (nSPS) is 22.9. The number of rotatable bonds is 5. The second-order valence-electron chi connectivity index (χ2n) is 5.39. The molecule has 0 aliphatic carbocycles. The maximum atomic E-state index is 11.4. The smallest absolute Gasteiger partial charge is 0.310 e. The fraction of sp³-hybridized carbons (Fsp3) is 0.533. The van der Waals surface area contributed by atoms with Crippen LogP contribution in [0.1, 0.15) is 25.3 Å². The van der Waals surface area contributed by atoms with Crippen LogP contribution in [-0.4, -0.2) is 41.3 Å². The Morgan fingerprint density at radius 3 is 2.80 bits per heavy atom. The van der Waals surface area contributed by atoms with Crippen molar-refractivity contribution in [3.05, 3.63) is 23.8 Å². The monoisotopic (exact) mass is 279 g/mol. The maximum Gasteiger partial charge on any atom is 0.310 e. The molecule has 0 bridgehead atoms. The van der Waals surface area contributed by atoms with Gasteiger partial charge in [0.05, 0.1) is 12.5 Å². The molecule has 1 aliphatic heterocycles. The number of phenolic OH excluding ortho intramolecular Hbond substituents is 1. The van der Waals surface area contributed by atoms with E-state index in [-0.39, 0.29) is 5.75 Å². The number of benzene rings is 1. The number of hydrogen-bond acceptors (Lipinski definition) is 4. The highest BCUT2D eigenvalue weighted by molar-refractivity contribution is 5.75. The summed E-state index contributed by atoms with van der Waals surface area (Å²) in [5, 5.41) is 19.3. The van der Waals surface area contributed by atoms with Crippen molar-refractivity contribution in [2.45, 2.75) is 26.3 Å². The van der Waals surface area contributed by atoms with Gasteiger partial charge in [0.25, 0.3) is 0 Å². The fourth-order valence-corrected chi connectivity index (χ4v) is 2.76. The number of nitrogens with zero attached hydrogens (tertiary/aromatic N) is 1. The van der Waals surface area contributed by atoms with Gasteiger partial charge in [-0.15, -0.1) is 0 Å². The Labute approximate surface area is 118 Å². The second kappa shape index (κ2) is 5.71. The van der Waals surface area contributed by atoms with Crippen LogP contribution in [0.5, 0.6) is 11.5 Å². The first-order chi connectivity index (χ1) is 9.50. The third-order valence-electron chi connectivity index (χ3n) is 4.24. The Hall–Kier alpha value is -1.75. The van der Waals surface area contributed by atoms with E-state index >= 15 is 0 Å². The third-order valence-corrected chi connectivity index (χ3v) is 4.24. The van der Waals surface area contributed by atoms with E-state index in [2.05, 4.69) is 4.90 Å². The molecule has 1 unspecified atom stereocenters. The summed E-state index contributed by atoms with van der Waals surface area (Å²) in [7, 11) is 1.58. The molecule has 1 atom stereocenters. The first-order valence-electron chi connectivity index (χ1n) is 6.82. The van der Waals surface area contributed by atoms with Gasteiger partial charge in [-0.05, 0) is 37.6 Å². The van der Waals surface area contributed by atoms with Gasteiger partial charge in [-0.3, -0.25) is 9.69 Å². The van der Waals surface area contributed by atoms with Gasteiger partial charge in [-0.25, -0.2) is 0 Å². The summed E-state index contributed by atoms with van der Waals surface area (Å²) in [6.07, 6.45) is 1.28. The highest BCUT2D eigenvalue weighted by Crippen LogP contribution is 2.36. The average Bonchev–Trinajstić information content (AvgIpc) is 2.86. The Bertz CT molecular complexity index is 503. The van der Waals surface area contributed by atoms with Crippen molar-refractivity contribution in [1.82, 2.24) is 4.90 Å². The van der Waals surface area contributed by atoms with Crippen LogP contribution < -0.4 is 4.74 Å². The van der Waals surface area contributed by atoms with Crippen molar-refractivity contribution < 1.29 is 19.7 Å². The maximum absolute atomic E-state index is 11.4. The van der Waals surface area contributed by atoms with Gasteiger partial charge >= 0.3 is 5.97 Å². The number of phenols is 1. The first-order valence-corrected chi connectivity index (χ1v) is 6.82. The van der Waals surface area contributed by atoms with E-state index in [0.29, 0.717) is 31.7 Å². The molecule has 20 heavy (non-hydrogen) atoms. The van der Waals surface area contributed by atoms with E-state index < -0.39 is 11.4 Å². The lowest BCUT2D eigenvalue weighted by atomic mass is 9.84. The van der Waals surface area contributed by atoms with Gasteiger partial charge in [0.1, 0.15) is 11.5 Å². The highest BCUT2D eigenvalue weighted by Gasteiger charge is 2.43. The lowest BCUT2D eigenvalue weighted by molar-refractivity contribution is -0.148. The summed E-state index contributed by atoms with van der Waals surface area (Å²) in [5.41, 5.74) is 0.121. The largest absolute Gasteiger partial charge is 0.508 e. The van der Waals surface area contributed by atoms with E-state index in [0.717, 1.165) is 12.1 Å². The Morgan fingerprint density at radius 1 is 1.50 bits per heavy atom. The summed E-state index contributed by atoms with van der Waals surface area (Å²) < 4.78 is 5.15. The van der Waals surface area contributed by atoms with Gasteiger partial charge in [-0.2, -0.15) is 0 Å². The summed E-state index contributed by atoms with van der Waals surface area (Å²) in [5.74, 6) is 0.185. The SMILES string of the molecule is CCC1(C(=O)O)CCN(Cc2cc(OC)ccc2O)C1. The van der Waals surface area contributed by atoms with E-state index in [1.54, 1.807) is 25.3 Å². The molecule has 1 aromatic carbocycles. The van der Waals surface area contributed by atoms with Crippen molar-refractivity contribution in [2.24, 2.45) is 5.41 Å². The average molecular weight is 279 g/mol. The summed E-state index contributed by atoms with van der Waals surface area (Å²) in [4.78, 5) is 13.5. The molecule has 0 spiro atoms. The van der Waals surface area contributed by atoms with Gasteiger partial charge in [-0.1, -0.05) is 6.92 Å². The van der Waals surface area contributed by atoms with E-state index in [1.165, 1.54) is 0 Å². The standard InChI is InChI=1S/C15H21NO4/c1-3-15(14(18)19)6-7-16(10-15)9-11-8-12(20-2)4-5-13(11)17/h4-5,8,17H,3,6-7,9-10H2,1-2H3,(H,18,19). The van der Waals surface area contributed by atoms with Crippen LogP contribution in [0.15, 0.2) is 18.2 Å². The summed E-state index contributed by atoms with van der Waals surface area (Å²) in [6, 6.07) is 5.10. The predicted molar refractivity (Wildman–Crippen MR) is 74.9 cm³/mol. The van der Waals surface area contributed by atoms with E-state index in [9.17, 15) is 15.0 Å². The number of aliphatic carboxylic acids is 1. The molecule has 1 aromatic rings. The third kappa shape index (κ3) is 2.72. The van der Waals surface area contributed by atoms with E-state index in [4.69, 9.17) is 4.74 Å². The van der Waals surface area contributed by atoms with Gasteiger partial charge in [0.15, 0.2) is 0 Å². The first kappa shape index (κ1) is 14.7. The molecule has 2 rings (SSSR count). The highest BCUT2D eigenvalue weighted by atomic mass is 16.5. The zero-order valence-electron chi connectivity index (χ0n) is 11.9. The number of aromatic hydroxyl groups is 1. The second-order valence-corrected chi connectivity index (χ2v) is 5.39. The molecule has 1 saturated heterocycles. The molecule has 1 aliphatic rings. The number of ether oxygens (including phenoxy) is 1. The molecule has 0 saturated carbocycles. The molecule has 1 heterocycles. The van der Waals surface area contributed by atoms with Crippen LogP contribution >= 0.6 is 0 Å². The number of carboxylic acids is 1. The number of hydrogen-bond donors (Lipinski definition) is 2. The van der Waals surface area contributed by atoms with Crippen LogP contribution in [0.3, 0.4) is 0 Å².